The van der Waals surface area contributed by atoms with Gasteiger partial charge in [0, 0.05) is 17.3 Å². The summed E-state index contributed by atoms with van der Waals surface area (Å²) < 4.78 is 77.4. The van der Waals surface area contributed by atoms with E-state index in [9.17, 15) is 31.4 Å². The Balaban J connectivity index is 2.54. The monoisotopic (exact) mass is 374 g/mol. The van der Waals surface area contributed by atoms with E-state index in [1.807, 2.05) is 6.07 Å². The molecule has 3 nitrogen and oxygen atoms in total. The number of aromatic nitrogens is 1. The Hall–Kier alpha value is -2.60. The largest absolute Gasteiger partial charge is 0.430 e. The highest BCUT2D eigenvalue weighted by Crippen LogP contribution is 2.50. The summed E-state index contributed by atoms with van der Waals surface area (Å²) in [7, 11) is 0. The molecule has 0 radical (unpaired) electrons. The van der Waals surface area contributed by atoms with E-state index in [0.29, 0.717) is 35.2 Å². The fraction of sp³-hybridized carbons (Fsp3) is 0.294. The van der Waals surface area contributed by atoms with E-state index in [1.165, 1.54) is 12.3 Å². The lowest BCUT2D eigenvalue weighted by atomic mass is 9.90. The van der Waals surface area contributed by atoms with Crippen molar-refractivity contribution in [3.05, 3.63) is 53.3 Å². The van der Waals surface area contributed by atoms with Crippen molar-refractivity contribution in [2.45, 2.75) is 31.3 Å². The molecule has 0 aliphatic heterocycles. The Kier molecular flexibility index (Phi) is 5.01. The van der Waals surface area contributed by atoms with Crippen LogP contribution in [0.2, 0.25) is 0 Å². The van der Waals surface area contributed by atoms with Gasteiger partial charge in [-0.3, -0.25) is 0 Å². The molecule has 1 N–H and O–H groups in total. The molecule has 0 saturated heterocycles. The van der Waals surface area contributed by atoms with Gasteiger partial charge in [0.2, 0.25) is 0 Å². The zero-order chi connectivity index (χ0) is 19.8. The smallest absolute Gasteiger partial charge is 0.369 e. The lowest BCUT2D eigenvalue weighted by Gasteiger charge is -2.32. The van der Waals surface area contributed by atoms with Gasteiger partial charge in [-0.2, -0.15) is 31.6 Å². The molecule has 0 aliphatic rings. The number of hydrogen-bond donors (Lipinski definition) is 1. The zero-order valence-corrected chi connectivity index (χ0v) is 13.3. The molecule has 0 saturated carbocycles. The van der Waals surface area contributed by atoms with Crippen LogP contribution in [0.15, 0.2) is 36.5 Å². The van der Waals surface area contributed by atoms with Crippen molar-refractivity contribution < 1.29 is 31.4 Å². The molecule has 2 aromatic rings. The highest BCUT2D eigenvalue weighted by molar-refractivity contribution is 5.67. The molecule has 0 unspecified atom stereocenters. The first-order valence-electron chi connectivity index (χ1n) is 7.31. The summed E-state index contributed by atoms with van der Waals surface area (Å²) in [5.41, 5.74) is -4.71. The van der Waals surface area contributed by atoms with Gasteiger partial charge in [-0.1, -0.05) is 31.2 Å². The van der Waals surface area contributed by atoms with Crippen molar-refractivity contribution in [2.75, 3.05) is 0 Å². The van der Waals surface area contributed by atoms with Gasteiger partial charge in [0.15, 0.2) is 0 Å². The molecule has 26 heavy (non-hydrogen) atoms. The molecule has 1 aromatic carbocycles. The number of benzene rings is 1. The number of nitriles is 1. The van der Waals surface area contributed by atoms with E-state index in [-0.39, 0.29) is 5.69 Å². The van der Waals surface area contributed by atoms with Crippen LogP contribution in [0.3, 0.4) is 0 Å². The van der Waals surface area contributed by atoms with E-state index < -0.39 is 23.5 Å². The van der Waals surface area contributed by atoms with Crippen LogP contribution in [0.1, 0.15) is 23.7 Å². The first kappa shape index (κ1) is 19.7. The van der Waals surface area contributed by atoms with Crippen molar-refractivity contribution in [1.29, 1.82) is 5.26 Å². The molecule has 0 amide bonds. The van der Waals surface area contributed by atoms with Crippen LogP contribution in [0.25, 0.3) is 11.1 Å². The second-order valence-corrected chi connectivity index (χ2v) is 5.48. The summed E-state index contributed by atoms with van der Waals surface area (Å²) >= 11 is 0. The molecule has 9 heteroatoms. The van der Waals surface area contributed by atoms with E-state index in [4.69, 9.17) is 5.26 Å². The quantitative estimate of drug-likeness (QED) is 0.805. The first-order chi connectivity index (χ1) is 12.0. The third-order valence-corrected chi connectivity index (χ3v) is 3.92. The number of aryl methyl sites for hydroxylation is 1. The minimum Gasteiger partial charge on any atom is -0.369 e. The van der Waals surface area contributed by atoms with Crippen LogP contribution in [0.4, 0.5) is 26.3 Å². The number of hydrogen-bond acceptors (Lipinski definition) is 3. The lowest BCUT2D eigenvalue weighted by molar-refractivity contribution is -0.376. The molecule has 0 bridgehead atoms. The van der Waals surface area contributed by atoms with E-state index >= 15 is 0 Å². The van der Waals surface area contributed by atoms with Crippen molar-refractivity contribution >= 4 is 0 Å². The summed E-state index contributed by atoms with van der Waals surface area (Å²) in [6.45, 7) is 1.78. The van der Waals surface area contributed by atoms with Crippen molar-refractivity contribution in [1.82, 2.24) is 4.98 Å². The minimum absolute atomic E-state index is 0.144. The summed E-state index contributed by atoms with van der Waals surface area (Å²) in [5.74, 6) is 0. The van der Waals surface area contributed by atoms with Gasteiger partial charge in [-0.05, 0) is 23.6 Å². The Labute approximate surface area is 144 Å². The third-order valence-electron chi connectivity index (χ3n) is 3.92. The van der Waals surface area contributed by atoms with Crippen molar-refractivity contribution in [3.8, 4) is 17.2 Å². The molecule has 138 valence electrons. The fourth-order valence-electron chi connectivity index (χ4n) is 2.49. The molecule has 2 rings (SSSR count). The molecule has 1 aromatic heterocycles. The molecule has 0 spiro atoms. The normalized spacial score (nSPS) is 12.7. The zero-order valence-electron chi connectivity index (χ0n) is 13.3. The van der Waals surface area contributed by atoms with Crippen LogP contribution in [0.5, 0.6) is 0 Å². The highest BCUT2D eigenvalue weighted by atomic mass is 19.4. The third kappa shape index (κ3) is 3.24. The van der Waals surface area contributed by atoms with Crippen LogP contribution in [-0.2, 0) is 12.0 Å². The molecule has 0 atom stereocenters. The Morgan fingerprint density at radius 1 is 1.04 bits per heavy atom. The van der Waals surface area contributed by atoms with E-state index in [0.717, 1.165) is 12.1 Å². The number of halogens is 6. The summed E-state index contributed by atoms with van der Waals surface area (Å²) in [6.07, 6.45) is -10.1. The Bertz CT molecular complexity index is 820. The van der Waals surface area contributed by atoms with Crippen molar-refractivity contribution in [3.63, 3.8) is 0 Å². The molecular weight excluding hydrogens is 362 g/mol. The number of alkyl halides is 6. The second kappa shape index (κ2) is 6.61. The van der Waals surface area contributed by atoms with Gasteiger partial charge in [0.25, 0.3) is 5.60 Å². The summed E-state index contributed by atoms with van der Waals surface area (Å²) in [4.78, 5) is 3.86. The molecule has 0 aliphatic carbocycles. The van der Waals surface area contributed by atoms with E-state index in [1.54, 1.807) is 6.92 Å². The highest BCUT2D eigenvalue weighted by Gasteiger charge is 2.71. The SMILES string of the molecule is CCc1cc(C#N)ncc1-c1ccc(C(O)(C(F)(F)F)C(F)(F)F)cc1. The van der Waals surface area contributed by atoms with Gasteiger partial charge >= 0.3 is 12.4 Å². The standard InChI is InChI=1S/C17H12F6N2O/c1-2-10-7-13(8-24)25-9-14(10)11-3-5-12(6-4-11)15(26,16(18,19)20)17(21,22)23/h3-7,9,26H,2H2,1H3. The lowest BCUT2D eigenvalue weighted by Crippen LogP contribution is -2.53. The maximum absolute atomic E-state index is 12.9. The fourth-order valence-corrected chi connectivity index (χ4v) is 2.49. The molecular formula is C17H12F6N2O. The van der Waals surface area contributed by atoms with Crippen LogP contribution >= 0.6 is 0 Å². The topological polar surface area (TPSA) is 56.9 Å². The number of nitrogens with zero attached hydrogens (tertiary/aromatic N) is 2. The van der Waals surface area contributed by atoms with Crippen molar-refractivity contribution in [2.24, 2.45) is 0 Å². The van der Waals surface area contributed by atoms with E-state index in [2.05, 4.69) is 4.98 Å². The Morgan fingerprint density at radius 2 is 1.58 bits per heavy atom. The van der Waals surface area contributed by atoms with Gasteiger partial charge in [-0.25, -0.2) is 4.98 Å². The van der Waals surface area contributed by atoms with Crippen LogP contribution in [-0.4, -0.2) is 22.4 Å². The number of aliphatic hydroxyl groups is 1. The van der Waals surface area contributed by atoms with Gasteiger partial charge < -0.3 is 5.11 Å². The maximum atomic E-state index is 12.9. The molecule has 0 fully saturated rings. The van der Waals surface area contributed by atoms with Gasteiger partial charge in [0.1, 0.15) is 11.8 Å². The minimum atomic E-state index is -5.93. The van der Waals surface area contributed by atoms with Crippen LogP contribution in [0, 0.1) is 11.3 Å². The van der Waals surface area contributed by atoms with Gasteiger partial charge in [-0.15, -0.1) is 0 Å². The number of pyridine rings is 1. The first-order valence-corrected chi connectivity index (χ1v) is 7.31. The van der Waals surface area contributed by atoms with Crippen LogP contribution < -0.4 is 0 Å². The summed E-state index contributed by atoms with van der Waals surface area (Å²) in [6, 6.07) is 6.58. The average Bonchev–Trinajstić information content (AvgIpc) is 2.58. The van der Waals surface area contributed by atoms with Gasteiger partial charge in [0.05, 0.1) is 0 Å². The predicted octanol–water partition coefficient (Wildman–Crippen LogP) is 4.49. The number of rotatable bonds is 3. The predicted molar refractivity (Wildman–Crippen MR) is 79.8 cm³/mol. The average molecular weight is 374 g/mol. The molecule has 1 heterocycles. The second-order valence-electron chi connectivity index (χ2n) is 5.48. The Morgan fingerprint density at radius 3 is 2.00 bits per heavy atom. The maximum Gasteiger partial charge on any atom is 0.430 e. The summed E-state index contributed by atoms with van der Waals surface area (Å²) in [5, 5.41) is 18.2.